The zero-order valence-corrected chi connectivity index (χ0v) is 13.0. The average Bonchev–Trinajstić information content (AvgIpc) is 2.40. The molecule has 1 fully saturated rings. The van der Waals surface area contributed by atoms with Crippen LogP contribution < -0.4 is 10.6 Å². The molecule has 2 unspecified atom stereocenters. The second kappa shape index (κ2) is 5.96. The van der Waals surface area contributed by atoms with E-state index >= 15 is 0 Å². The van der Waals surface area contributed by atoms with Gasteiger partial charge in [-0.15, -0.1) is 0 Å². The van der Waals surface area contributed by atoms with Gasteiger partial charge in [0.25, 0.3) is 5.91 Å². The lowest BCUT2D eigenvalue weighted by Gasteiger charge is -2.31. The van der Waals surface area contributed by atoms with E-state index in [1.165, 1.54) is 0 Å². The van der Waals surface area contributed by atoms with Crippen molar-refractivity contribution in [2.45, 2.75) is 45.6 Å². The maximum atomic E-state index is 12.6. The van der Waals surface area contributed by atoms with E-state index in [-0.39, 0.29) is 17.4 Å². The Kier molecular flexibility index (Phi) is 4.48. The molecule has 1 aliphatic rings. The van der Waals surface area contributed by atoms with Crippen LogP contribution in [0.1, 0.15) is 50.0 Å². The van der Waals surface area contributed by atoms with E-state index < -0.39 is 0 Å². The monoisotopic (exact) mass is 274 g/mol. The summed E-state index contributed by atoms with van der Waals surface area (Å²) in [4.78, 5) is 12.6. The number of carbonyl (C=O) groups is 1. The molecule has 0 spiro atoms. The molecule has 0 radical (unpaired) electrons. The molecule has 1 aromatic rings. The molecule has 0 saturated carbocycles. The molecule has 3 nitrogen and oxygen atoms in total. The third kappa shape index (κ3) is 3.40. The van der Waals surface area contributed by atoms with Crippen LogP contribution in [0.3, 0.4) is 0 Å². The van der Waals surface area contributed by atoms with Crippen molar-refractivity contribution in [2.24, 2.45) is 5.92 Å². The Morgan fingerprint density at radius 2 is 2.00 bits per heavy atom. The van der Waals surface area contributed by atoms with Crippen molar-refractivity contribution < 1.29 is 4.79 Å². The number of amides is 1. The number of hydrogen-bond acceptors (Lipinski definition) is 2. The summed E-state index contributed by atoms with van der Waals surface area (Å²) in [5, 5.41) is 6.58. The van der Waals surface area contributed by atoms with E-state index in [4.69, 9.17) is 0 Å². The molecule has 2 N–H and O–H groups in total. The van der Waals surface area contributed by atoms with Crippen LogP contribution >= 0.6 is 0 Å². The Bertz CT molecular complexity index is 476. The van der Waals surface area contributed by atoms with E-state index in [1.54, 1.807) is 0 Å². The van der Waals surface area contributed by atoms with Crippen molar-refractivity contribution in [3.8, 4) is 0 Å². The quantitative estimate of drug-likeness (QED) is 0.870. The van der Waals surface area contributed by atoms with E-state index in [2.05, 4.69) is 44.4 Å². The predicted octanol–water partition coefficient (Wildman–Crippen LogP) is 2.71. The summed E-state index contributed by atoms with van der Waals surface area (Å²) in [6, 6.07) is 8.21. The number of hydrogen-bond donors (Lipinski definition) is 2. The highest BCUT2D eigenvalue weighted by molar-refractivity contribution is 5.96. The van der Waals surface area contributed by atoms with Gasteiger partial charge in [0.2, 0.25) is 0 Å². The molecule has 0 aliphatic carbocycles. The van der Waals surface area contributed by atoms with Crippen LogP contribution in [0.4, 0.5) is 0 Å². The van der Waals surface area contributed by atoms with Gasteiger partial charge in [-0.1, -0.05) is 45.9 Å². The van der Waals surface area contributed by atoms with Crippen LogP contribution in [-0.2, 0) is 5.41 Å². The lowest BCUT2D eigenvalue weighted by atomic mass is 9.83. The molecule has 0 aromatic heterocycles. The standard InChI is InChI=1S/C17H26N2O/c1-12-11-18-10-9-15(12)19-16(20)13-7-5-6-8-14(13)17(2,3)4/h5-8,12,15,18H,9-11H2,1-4H3,(H,19,20). The summed E-state index contributed by atoms with van der Waals surface area (Å²) in [5.41, 5.74) is 1.90. The first kappa shape index (κ1) is 15.0. The third-order valence-corrected chi connectivity index (χ3v) is 4.08. The molecule has 2 atom stereocenters. The van der Waals surface area contributed by atoms with Crippen LogP contribution in [0.15, 0.2) is 24.3 Å². The summed E-state index contributed by atoms with van der Waals surface area (Å²) >= 11 is 0. The van der Waals surface area contributed by atoms with Gasteiger partial charge in [-0.25, -0.2) is 0 Å². The van der Waals surface area contributed by atoms with Crippen LogP contribution in [-0.4, -0.2) is 25.0 Å². The second-order valence-electron chi connectivity index (χ2n) is 6.85. The largest absolute Gasteiger partial charge is 0.349 e. The highest BCUT2D eigenvalue weighted by Gasteiger charge is 2.26. The van der Waals surface area contributed by atoms with Crippen LogP contribution in [0.2, 0.25) is 0 Å². The van der Waals surface area contributed by atoms with Crippen molar-refractivity contribution in [3.05, 3.63) is 35.4 Å². The molecule has 1 amide bonds. The van der Waals surface area contributed by atoms with E-state index in [1.807, 2.05) is 18.2 Å². The van der Waals surface area contributed by atoms with Gasteiger partial charge in [-0.2, -0.15) is 0 Å². The minimum Gasteiger partial charge on any atom is -0.349 e. The van der Waals surface area contributed by atoms with Crippen molar-refractivity contribution in [2.75, 3.05) is 13.1 Å². The van der Waals surface area contributed by atoms with Crippen molar-refractivity contribution in [1.29, 1.82) is 0 Å². The van der Waals surface area contributed by atoms with Gasteiger partial charge in [-0.05, 0) is 42.5 Å². The summed E-state index contributed by atoms with van der Waals surface area (Å²) in [6.45, 7) is 10.6. The van der Waals surface area contributed by atoms with Gasteiger partial charge in [0, 0.05) is 11.6 Å². The molecule has 1 aliphatic heterocycles. The first-order valence-corrected chi connectivity index (χ1v) is 7.50. The fourth-order valence-corrected chi connectivity index (χ4v) is 2.81. The Balaban J connectivity index is 2.17. The zero-order chi connectivity index (χ0) is 14.8. The number of nitrogens with one attached hydrogen (secondary N) is 2. The lowest BCUT2D eigenvalue weighted by molar-refractivity contribution is 0.0912. The van der Waals surface area contributed by atoms with Gasteiger partial charge < -0.3 is 10.6 Å². The predicted molar refractivity (Wildman–Crippen MR) is 83.0 cm³/mol. The normalized spacial score (nSPS) is 23.4. The van der Waals surface area contributed by atoms with Crippen molar-refractivity contribution >= 4 is 5.91 Å². The lowest BCUT2D eigenvalue weighted by Crippen LogP contribution is -2.48. The SMILES string of the molecule is CC1CNCCC1NC(=O)c1ccccc1C(C)(C)C. The topological polar surface area (TPSA) is 41.1 Å². The summed E-state index contributed by atoms with van der Waals surface area (Å²) < 4.78 is 0. The summed E-state index contributed by atoms with van der Waals surface area (Å²) in [7, 11) is 0. The maximum absolute atomic E-state index is 12.6. The minimum absolute atomic E-state index is 0.0202. The minimum atomic E-state index is -0.0202. The Morgan fingerprint density at radius 1 is 1.30 bits per heavy atom. The van der Waals surface area contributed by atoms with Crippen LogP contribution in [0.25, 0.3) is 0 Å². The molecule has 0 bridgehead atoms. The maximum Gasteiger partial charge on any atom is 0.251 e. The van der Waals surface area contributed by atoms with Gasteiger partial charge in [0.05, 0.1) is 0 Å². The van der Waals surface area contributed by atoms with Gasteiger partial charge in [0.1, 0.15) is 0 Å². The molecule has 3 heteroatoms. The van der Waals surface area contributed by atoms with Crippen molar-refractivity contribution in [3.63, 3.8) is 0 Å². The Hall–Kier alpha value is -1.35. The second-order valence-corrected chi connectivity index (χ2v) is 6.85. The first-order valence-electron chi connectivity index (χ1n) is 7.50. The highest BCUT2D eigenvalue weighted by Crippen LogP contribution is 2.26. The molecule has 2 rings (SSSR count). The van der Waals surface area contributed by atoms with Gasteiger partial charge in [-0.3, -0.25) is 4.79 Å². The Labute approximate surface area is 122 Å². The highest BCUT2D eigenvalue weighted by atomic mass is 16.1. The summed E-state index contributed by atoms with van der Waals surface area (Å²) in [5.74, 6) is 0.545. The third-order valence-electron chi connectivity index (χ3n) is 4.08. The van der Waals surface area contributed by atoms with Gasteiger partial charge in [0.15, 0.2) is 0 Å². The van der Waals surface area contributed by atoms with E-state index in [0.717, 1.165) is 30.6 Å². The fraction of sp³-hybridized carbons (Fsp3) is 0.588. The average molecular weight is 274 g/mol. The molecule has 110 valence electrons. The molecular formula is C17H26N2O. The molecule has 1 saturated heterocycles. The van der Waals surface area contributed by atoms with E-state index in [0.29, 0.717) is 5.92 Å². The van der Waals surface area contributed by atoms with Crippen molar-refractivity contribution in [1.82, 2.24) is 10.6 Å². The molecule has 1 aromatic carbocycles. The van der Waals surface area contributed by atoms with Gasteiger partial charge >= 0.3 is 0 Å². The molecule has 1 heterocycles. The summed E-state index contributed by atoms with van der Waals surface area (Å²) in [6.07, 6.45) is 1.00. The van der Waals surface area contributed by atoms with Crippen LogP contribution in [0.5, 0.6) is 0 Å². The number of piperidine rings is 1. The smallest absolute Gasteiger partial charge is 0.251 e. The zero-order valence-electron chi connectivity index (χ0n) is 13.0. The molecular weight excluding hydrogens is 248 g/mol. The fourth-order valence-electron chi connectivity index (χ4n) is 2.81. The first-order chi connectivity index (χ1) is 9.39. The number of carbonyl (C=O) groups excluding carboxylic acids is 1. The van der Waals surface area contributed by atoms with Crippen LogP contribution in [0, 0.1) is 5.92 Å². The number of rotatable bonds is 2. The number of benzene rings is 1. The van der Waals surface area contributed by atoms with E-state index in [9.17, 15) is 4.79 Å². The molecule has 20 heavy (non-hydrogen) atoms. The Morgan fingerprint density at radius 3 is 2.65 bits per heavy atom.